The van der Waals surface area contributed by atoms with Crippen LogP contribution in [0.15, 0.2) is 24.3 Å². The SMILES string of the molecule is CC(=O)c1ccccc1OCCN1C(=O)NC(CC(C)C)C1=O. The van der Waals surface area contributed by atoms with Gasteiger partial charge in [-0.25, -0.2) is 4.79 Å². The van der Waals surface area contributed by atoms with Crippen LogP contribution in [-0.2, 0) is 4.79 Å². The van der Waals surface area contributed by atoms with E-state index in [1.54, 1.807) is 24.3 Å². The minimum atomic E-state index is -0.452. The quantitative estimate of drug-likeness (QED) is 0.618. The number of ether oxygens (including phenoxy) is 1. The van der Waals surface area contributed by atoms with Crippen LogP contribution in [-0.4, -0.2) is 41.8 Å². The highest BCUT2D eigenvalue weighted by Crippen LogP contribution is 2.19. The Morgan fingerprint density at radius 3 is 2.65 bits per heavy atom. The van der Waals surface area contributed by atoms with Crippen molar-refractivity contribution >= 4 is 17.7 Å². The van der Waals surface area contributed by atoms with Crippen molar-refractivity contribution in [1.29, 1.82) is 0 Å². The summed E-state index contributed by atoms with van der Waals surface area (Å²) in [6.45, 7) is 5.79. The van der Waals surface area contributed by atoms with Crippen molar-refractivity contribution in [2.24, 2.45) is 5.92 Å². The van der Waals surface area contributed by atoms with Gasteiger partial charge in [0, 0.05) is 0 Å². The number of nitrogens with one attached hydrogen (secondary N) is 1. The molecule has 1 saturated heterocycles. The molecule has 1 aliphatic heterocycles. The molecule has 23 heavy (non-hydrogen) atoms. The Morgan fingerprint density at radius 1 is 1.30 bits per heavy atom. The predicted molar refractivity (Wildman–Crippen MR) is 85.4 cm³/mol. The Morgan fingerprint density at radius 2 is 2.00 bits per heavy atom. The minimum absolute atomic E-state index is 0.0902. The molecule has 2 rings (SSSR count). The van der Waals surface area contributed by atoms with Crippen LogP contribution in [0.2, 0.25) is 0 Å². The van der Waals surface area contributed by atoms with Gasteiger partial charge in [-0.3, -0.25) is 14.5 Å². The molecule has 1 aromatic rings. The second kappa shape index (κ2) is 7.26. The Hall–Kier alpha value is -2.37. The van der Waals surface area contributed by atoms with E-state index >= 15 is 0 Å². The number of carbonyl (C=O) groups excluding carboxylic acids is 3. The zero-order valence-corrected chi connectivity index (χ0v) is 13.7. The van der Waals surface area contributed by atoms with Crippen LogP contribution in [0.4, 0.5) is 4.79 Å². The van der Waals surface area contributed by atoms with Crippen LogP contribution < -0.4 is 10.1 Å². The molecule has 0 bridgehead atoms. The van der Waals surface area contributed by atoms with Crippen molar-refractivity contribution in [3.05, 3.63) is 29.8 Å². The minimum Gasteiger partial charge on any atom is -0.491 e. The zero-order chi connectivity index (χ0) is 17.0. The van der Waals surface area contributed by atoms with Crippen LogP contribution in [0.3, 0.4) is 0 Å². The fourth-order valence-electron chi connectivity index (χ4n) is 2.55. The number of Topliss-reactive ketones (excluding diaryl/α,β-unsaturated/α-hetero) is 1. The number of amides is 3. The zero-order valence-electron chi connectivity index (χ0n) is 13.7. The molecule has 0 radical (unpaired) electrons. The Bertz CT molecular complexity index is 612. The van der Waals surface area contributed by atoms with Gasteiger partial charge in [-0.15, -0.1) is 0 Å². The molecule has 6 heteroatoms. The van der Waals surface area contributed by atoms with Crippen LogP contribution in [0.5, 0.6) is 5.75 Å². The van der Waals surface area contributed by atoms with Crippen LogP contribution >= 0.6 is 0 Å². The molecule has 6 nitrogen and oxygen atoms in total. The molecule has 0 spiro atoms. The summed E-state index contributed by atoms with van der Waals surface area (Å²) < 4.78 is 5.58. The first-order valence-electron chi connectivity index (χ1n) is 7.74. The Labute approximate surface area is 135 Å². The maximum Gasteiger partial charge on any atom is 0.324 e. The summed E-state index contributed by atoms with van der Waals surface area (Å²) in [7, 11) is 0. The van der Waals surface area contributed by atoms with Crippen molar-refractivity contribution in [2.45, 2.75) is 33.2 Å². The molecule has 3 amide bonds. The normalized spacial score (nSPS) is 17.6. The second-order valence-corrected chi connectivity index (χ2v) is 6.02. The molecule has 1 aliphatic rings. The highest BCUT2D eigenvalue weighted by molar-refractivity contribution is 6.04. The van der Waals surface area contributed by atoms with Gasteiger partial charge in [-0.2, -0.15) is 0 Å². The number of urea groups is 1. The average Bonchev–Trinajstić information content (AvgIpc) is 2.74. The van der Waals surface area contributed by atoms with Crippen molar-refractivity contribution in [2.75, 3.05) is 13.2 Å². The summed E-state index contributed by atoms with van der Waals surface area (Å²) in [5.41, 5.74) is 0.488. The van der Waals surface area contributed by atoms with E-state index in [0.29, 0.717) is 23.7 Å². The summed E-state index contributed by atoms with van der Waals surface area (Å²) in [4.78, 5) is 36.8. The lowest BCUT2D eigenvalue weighted by molar-refractivity contribution is -0.128. The topological polar surface area (TPSA) is 75.7 Å². The molecule has 1 heterocycles. The van der Waals surface area contributed by atoms with Gasteiger partial charge >= 0.3 is 6.03 Å². The van der Waals surface area contributed by atoms with Crippen LogP contribution in [0.1, 0.15) is 37.6 Å². The fourth-order valence-corrected chi connectivity index (χ4v) is 2.55. The number of para-hydroxylation sites is 1. The third-order valence-corrected chi connectivity index (χ3v) is 3.65. The van der Waals surface area contributed by atoms with Crippen LogP contribution in [0, 0.1) is 5.92 Å². The first-order chi connectivity index (χ1) is 10.9. The fraction of sp³-hybridized carbons (Fsp3) is 0.471. The predicted octanol–water partition coefficient (Wildman–Crippen LogP) is 2.23. The molecule has 0 saturated carbocycles. The van der Waals surface area contributed by atoms with Gasteiger partial charge in [0.05, 0.1) is 12.1 Å². The molecule has 1 aromatic carbocycles. The Balaban J connectivity index is 1.93. The molecule has 1 atom stereocenters. The second-order valence-electron chi connectivity index (χ2n) is 6.02. The van der Waals surface area contributed by atoms with E-state index in [4.69, 9.17) is 4.74 Å². The molecular weight excluding hydrogens is 296 g/mol. The summed E-state index contributed by atoms with van der Waals surface area (Å²) in [6.07, 6.45) is 0.620. The highest BCUT2D eigenvalue weighted by atomic mass is 16.5. The lowest BCUT2D eigenvalue weighted by Crippen LogP contribution is -2.35. The molecule has 0 aliphatic carbocycles. The standard InChI is InChI=1S/C17H22N2O4/c1-11(2)10-14-16(21)19(17(22)18-14)8-9-23-15-7-5-4-6-13(15)12(3)20/h4-7,11,14H,8-10H2,1-3H3,(H,18,22). The molecule has 0 aromatic heterocycles. The summed E-state index contributed by atoms with van der Waals surface area (Å²) in [5, 5.41) is 2.69. The van der Waals surface area contributed by atoms with Gasteiger partial charge in [-0.1, -0.05) is 26.0 Å². The van der Waals surface area contributed by atoms with Gasteiger partial charge in [0.1, 0.15) is 18.4 Å². The number of imide groups is 1. The maximum atomic E-state index is 12.2. The first-order valence-corrected chi connectivity index (χ1v) is 7.74. The van der Waals surface area contributed by atoms with Gasteiger partial charge in [0.15, 0.2) is 5.78 Å². The van der Waals surface area contributed by atoms with E-state index in [1.165, 1.54) is 11.8 Å². The number of ketones is 1. The third-order valence-electron chi connectivity index (χ3n) is 3.65. The van der Waals surface area contributed by atoms with E-state index in [1.807, 2.05) is 13.8 Å². The number of hydrogen-bond acceptors (Lipinski definition) is 4. The molecule has 1 N–H and O–H groups in total. The lowest BCUT2D eigenvalue weighted by atomic mass is 10.0. The maximum absolute atomic E-state index is 12.2. The van der Waals surface area contributed by atoms with Crippen LogP contribution in [0.25, 0.3) is 0 Å². The number of nitrogens with zero attached hydrogens (tertiary/aromatic N) is 1. The third kappa shape index (κ3) is 4.09. The molecular formula is C17H22N2O4. The monoisotopic (exact) mass is 318 g/mol. The molecule has 1 fully saturated rings. The summed E-state index contributed by atoms with van der Waals surface area (Å²) in [6, 6.07) is 6.08. The largest absolute Gasteiger partial charge is 0.491 e. The smallest absolute Gasteiger partial charge is 0.324 e. The first kappa shape index (κ1) is 17.0. The van der Waals surface area contributed by atoms with Gasteiger partial charge in [0.25, 0.3) is 5.91 Å². The van der Waals surface area contributed by atoms with E-state index in [-0.39, 0.29) is 30.9 Å². The van der Waals surface area contributed by atoms with Crippen molar-refractivity contribution in [1.82, 2.24) is 10.2 Å². The number of carbonyl (C=O) groups is 3. The summed E-state index contributed by atoms with van der Waals surface area (Å²) in [5.74, 6) is 0.480. The number of benzene rings is 1. The number of rotatable bonds is 7. The number of hydrogen-bond donors (Lipinski definition) is 1. The van der Waals surface area contributed by atoms with Crippen molar-refractivity contribution in [3.63, 3.8) is 0 Å². The van der Waals surface area contributed by atoms with Crippen molar-refractivity contribution < 1.29 is 19.1 Å². The molecule has 1 unspecified atom stereocenters. The summed E-state index contributed by atoms with van der Waals surface area (Å²) >= 11 is 0. The van der Waals surface area contributed by atoms with Crippen molar-refractivity contribution in [3.8, 4) is 5.75 Å². The van der Waals surface area contributed by atoms with E-state index < -0.39 is 6.04 Å². The van der Waals surface area contributed by atoms with E-state index in [2.05, 4.69) is 5.32 Å². The van der Waals surface area contributed by atoms with E-state index in [9.17, 15) is 14.4 Å². The average molecular weight is 318 g/mol. The van der Waals surface area contributed by atoms with Gasteiger partial charge in [-0.05, 0) is 31.4 Å². The van der Waals surface area contributed by atoms with E-state index in [0.717, 1.165) is 0 Å². The Kier molecular flexibility index (Phi) is 5.36. The van der Waals surface area contributed by atoms with Gasteiger partial charge < -0.3 is 10.1 Å². The van der Waals surface area contributed by atoms with Gasteiger partial charge in [0.2, 0.25) is 0 Å². The molecule has 124 valence electrons. The lowest BCUT2D eigenvalue weighted by Gasteiger charge is -2.15. The highest BCUT2D eigenvalue weighted by Gasteiger charge is 2.37.